The lowest BCUT2D eigenvalue weighted by Gasteiger charge is -2.35. The normalized spacial score (nSPS) is 32.1. The third-order valence-electron chi connectivity index (χ3n) is 3.06. The summed E-state index contributed by atoms with van der Waals surface area (Å²) in [5.41, 5.74) is 0. The van der Waals surface area contributed by atoms with Crippen LogP contribution in [0.4, 0.5) is 0 Å². The van der Waals surface area contributed by atoms with Crippen LogP contribution in [-0.2, 0) is 10.0 Å². The molecule has 96 valence electrons. The summed E-state index contributed by atoms with van der Waals surface area (Å²) in [4.78, 5) is 0. The van der Waals surface area contributed by atoms with Gasteiger partial charge < -0.3 is 5.32 Å². The number of nitrogens with zero attached hydrogens (tertiary/aromatic N) is 1. The van der Waals surface area contributed by atoms with Crippen LogP contribution >= 0.6 is 12.4 Å². The molecule has 0 aromatic rings. The van der Waals surface area contributed by atoms with Gasteiger partial charge in [0.05, 0.1) is 5.75 Å². The Hall–Kier alpha value is 0.160. The van der Waals surface area contributed by atoms with E-state index in [0.29, 0.717) is 24.8 Å². The fourth-order valence-corrected chi connectivity index (χ4v) is 4.23. The molecule has 2 atom stereocenters. The van der Waals surface area contributed by atoms with E-state index in [1.807, 2.05) is 13.8 Å². The van der Waals surface area contributed by atoms with Crippen LogP contribution in [0.2, 0.25) is 0 Å². The Morgan fingerprint density at radius 2 is 1.69 bits per heavy atom. The summed E-state index contributed by atoms with van der Waals surface area (Å²) in [6.07, 6.45) is 2.19. The predicted octanol–water partition coefficient (Wildman–Crippen LogP) is 0.830. The first-order valence-electron chi connectivity index (χ1n) is 5.71. The van der Waals surface area contributed by atoms with Gasteiger partial charge in [-0.05, 0) is 32.6 Å². The maximum absolute atomic E-state index is 12.0. The average Bonchev–Trinajstić information content (AvgIpc) is 2.85. The highest BCUT2D eigenvalue weighted by atomic mass is 35.5. The number of halogens is 1. The zero-order valence-electron chi connectivity index (χ0n) is 9.85. The Labute approximate surface area is 104 Å². The van der Waals surface area contributed by atoms with Crippen LogP contribution in [0.15, 0.2) is 0 Å². The number of sulfonamides is 1. The predicted molar refractivity (Wildman–Crippen MR) is 67.4 cm³/mol. The van der Waals surface area contributed by atoms with E-state index in [-0.39, 0.29) is 24.5 Å². The van der Waals surface area contributed by atoms with Gasteiger partial charge in [-0.3, -0.25) is 0 Å². The molecule has 2 rings (SSSR count). The monoisotopic (exact) mass is 268 g/mol. The highest BCUT2D eigenvalue weighted by molar-refractivity contribution is 7.89. The Balaban J connectivity index is 0.00000128. The van der Waals surface area contributed by atoms with Crippen molar-refractivity contribution >= 4 is 22.4 Å². The molecule has 16 heavy (non-hydrogen) atoms. The van der Waals surface area contributed by atoms with Crippen molar-refractivity contribution < 1.29 is 8.42 Å². The standard InChI is InChI=1S/C10H20N2O2S.ClH/c1-8-5-12(6-9(2)11-8)15(13,14)7-10-3-4-10;/h8-11H,3-7H2,1-2H3;1H. The molecule has 2 aliphatic rings. The molecule has 1 saturated heterocycles. The van der Waals surface area contributed by atoms with Gasteiger partial charge in [0.15, 0.2) is 0 Å². The molecular formula is C10H21ClN2O2S. The zero-order chi connectivity index (χ0) is 11.1. The summed E-state index contributed by atoms with van der Waals surface area (Å²) in [6, 6.07) is 0.533. The lowest BCUT2D eigenvalue weighted by molar-refractivity contribution is 0.262. The van der Waals surface area contributed by atoms with Crippen LogP contribution in [0.3, 0.4) is 0 Å². The van der Waals surface area contributed by atoms with E-state index >= 15 is 0 Å². The van der Waals surface area contributed by atoms with Gasteiger partial charge in [-0.2, -0.15) is 4.31 Å². The molecule has 1 aliphatic heterocycles. The largest absolute Gasteiger partial charge is 0.309 e. The first kappa shape index (κ1) is 14.2. The van der Waals surface area contributed by atoms with Crippen molar-refractivity contribution in [3.8, 4) is 0 Å². The molecule has 1 aliphatic carbocycles. The summed E-state index contributed by atoms with van der Waals surface area (Å²) in [7, 11) is -2.99. The number of hydrogen-bond donors (Lipinski definition) is 1. The smallest absolute Gasteiger partial charge is 0.214 e. The van der Waals surface area contributed by atoms with Crippen molar-refractivity contribution in [2.24, 2.45) is 5.92 Å². The molecule has 2 fully saturated rings. The molecule has 0 aromatic carbocycles. The SMILES string of the molecule is CC1CN(S(=O)(=O)CC2CC2)CC(C)N1.Cl. The Morgan fingerprint density at radius 3 is 2.12 bits per heavy atom. The second-order valence-corrected chi connectivity index (χ2v) is 7.02. The third kappa shape index (κ3) is 3.58. The van der Waals surface area contributed by atoms with E-state index in [4.69, 9.17) is 0 Å². The van der Waals surface area contributed by atoms with Crippen molar-refractivity contribution in [1.82, 2.24) is 9.62 Å². The fourth-order valence-electron chi connectivity index (χ4n) is 2.19. The summed E-state index contributed by atoms with van der Waals surface area (Å²) < 4.78 is 25.7. The van der Waals surface area contributed by atoms with Crippen LogP contribution in [0.1, 0.15) is 26.7 Å². The third-order valence-corrected chi connectivity index (χ3v) is 5.04. The number of piperazine rings is 1. The van der Waals surface area contributed by atoms with Crippen molar-refractivity contribution in [2.75, 3.05) is 18.8 Å². The topological polar surface area (TPSA) is 49.4 Å². The lowest BCUT2D eigenvalue weighted by Crippen LogP contribution is -2.56. The van der Waals surface area contributed by atoms with E-state index in [9.17, 15) is 8.42 Å². The minimum Gasteiger partial charge on any atom is -0.309 e. The van der Waals surface area contributed by atoms with Crippen LogP contribution < -0.4 is 5.32 Å². The van der Waals surface area contributed by atoms with Crippen LogP contribution in [0.5, 0.6) is 0 Å². The summed E-state index contributed by atoms with van der Waals surface area (Å²) in [5.74, 6) is 0.808. The number of hydrogen-bond acceptors (Lipinski definition) is 3. The van der Waals surface area contributed by atoms with E-state index in [1.165, 1.54) is 0 Å². The van der Waals surface area contributed by atoms with E-state index in [1.54, 1.807) is 4.31 Å². The van der Waals surface area contributed by atoms with Crippen molar-refractivity contribution in [1.29, 1.82) is 0 Å². The molecule has 4 nitrogen and oxygen atoms in total. The second kappa shape index (κ2) is 5.21. The molecule has 2 unspecified atom stereocenters. The Bertz CT molecular complexity index is 320. The van der Waals surface area contributed by atoms with Gasteiger partial charge in [0.25, 0.3) is 0 Å². The van der Waals surface area contributed by atoms with Gasteiger partial charge >= 0.3 is 0 Å². The Kier molecular flexibility index (Phi) is 4.63. The molecule has 0 spiro atoms. The van der Waals surface area contributed by atoms with Crippen molar-refractivity contribution in [2.45, 2.75) is 38.8 Å². The molecule has 1 heterocycles. The molecule has 1 saturated carbocycles. The average molecular weight is 269 g/mol. The first-order chi connectivity index (χ1) is 6.97. The maximum atomic E-state index is 12.0. The summed E-state index contributed by atoms with van der Waals surface area (Å²) >= 11 is 0. The second-order valence-electron chi connectivity index (χ2n) is 5.01. The highest BCUT2D eigenvalue weighted by Gasteiger charge is 2.34. The quantitative estimate of drug-likeness (QED) is 0.825. The minimum atomic E-state index is -2.99. The number of nitrogens with one attached hydrogen (secondary N) is 1. The summed E-state index contributed by atoms with van der Waals surface area (Å²) in [5, 5.41) is 3.34. The van der Waals surface area contributed by atoms with E-state index in [0.717, 1.165) is 12.8 Å². The maximum Gasteiger partial charge on any atom is 0.214 e. The van der Waals surface area contributed by atoms with Gasteiger partial charge in [-0.1, -0.05) is 0 Å². The molecule has 0 amide bonds. The first-order valence-corrected chi connectivity index (χ1v) is 7.32. The van der Waals surface area contributed by atoms with Gasteiger partial charge in [0.2, 0.25) is 10.0 Å². The summed E-state index contributed by atoms with van der Waals surface area (Å²) in [6.45, 7) is 5.32. The van der Waals surface area contributed by atoms with Crippen molar-refractivity contribution in [3.63, 3.8) is 0 Å². The highest BCUT2D eigenvalue weighted by Crippen LogP contribution is 2.31. The molecular weight excluding hydrogens is 248 g/mol. The van der Waals surface area contributed by atoms with Crippen LogP contribution in [0.25, 0.3) is 0 Å². The molecule has 0 aromatic heterocycles. The van der Waals surface area contributed by atoms with Gasteiger partial charge in [-0.25, -0.2) is 8.42 Å². The van der Waals surface area contributed by atoms with Gasteiger partial charge in [0.1, 0.15) is 0 Å². The van der Waals surface area contributed by atoms with Crippen molar-refractivity contribution in [3.05, 3.63) is 0 Å². The fraction of sp³-hybridized carbons (Fsp3) is 1.00. The molecule has 1 N–H and O–H groups in total. The zero-order valence-corrected chi connectivity index (χ0v) is 11.5. The van der Waals surface area contributed by atoms with Gasteiger partial charge in [-0.15, -0.1) is 12.4 Å². The molecule has 0 bridgehead atoms. The van der Waals surface area contributed by atoms with Crippen LogP contribution in [-0.4, -0.2) is 43.6 Å². The number of rotatable bonds is 3. The van der Waals surface area contributed by atoms with Gasteiger partial charge in [0, 0.05) is 25.2 Å². The van der Waals surface area contributed by atoms with Crippen LogP contribution in [0, 0.1) is 5.92 Å². The molecule has 0 radical (unpaired) electrons. The Morgan fingerprint density at radius 1 is 1.19 bits per heavy atom. The molecule has 6 heteroatoms. The minimum absolute atomic E-state index is 0. The van der Waals surface area contributed by atoms with E-state index < -0.39 is 10.0 Å². The lowest BCUT2D eigenvalue weighted by atomic mass is 10.2. The van der Waals surface area contributed by atoms with E-state index in [2.05, 4.69) is 5.32 Å².